The highest BCUT2D eigenvalue weighted by Crippen LogP contribution is 2.44. The van der Waals surface area contributed by atoms with Gasteiger partial charge in [-0.25, -0.2) is 24.5 Å². The molecule has 2 aliphatic rings. The maximum atomic E-state index is 13.3. The molecule has 0 spiro atoms. The molecule has 2 saturated heterocycles. The predicted octanol–water partition coefficient (Wildman–Crippen LogP) is 4.94. The van der Waals surface area contributed by atoms with Crippen LogP contribution < -0.4 is 4.90 Å². The Morgan fingerprint density at radius 3 is 2.16 bits per heavy atom. The van der Waals surface area contributed by atoms with Crippen molar-refractivity contribution in [3.05, 3.63) is 10.2 Å². The summed E-state index contributed by atoms with van der Waals surface area (Å²) in [5.74, 6) is -0.817. The average Bonchev–Trinajstić information content (AvgIpc) is 3.35. The summed E-state index contributed by atoms with van der Waals surface area (Å²) in [6.07, 6.45) is -1.05. The number of aromatic nitrogens is 4. The lowest BCUT2D eigenvalue weighted by molar-refractivity contribution is -0.196. The fraction of sp³-hybridized carbons (Fsp3) is 0.708. The molecule has 4 rings (SSSR count). The Morgan fingerprint density at radius 1 is 1.05 bits per heavy atom. The van der Waals surface area contributed by atoms with Crippen LogP contribution in [-0.2, 0) is 23.7 Å². The van der Waals surface area contributed by atoms with Crippen molar-refractivity contribution in [2.45, 2.75) is 110 Å². The zero-order valence-electron chi connectivity index (χ0n) is 22.6. The summed E-state index contributed by atoms with van der Waals surface area (Å²) < 4.78 is 31.6. The topological polar surface area (TPSA) is 127 Å². The van der Waals surface area contributed by atoms with Gasteiger partial charge in [0.2, 0.25) is 0 Å². The lowest BCUT2D eigenvalue weighted by Crippen LogP contribution is -2.44. The number of nitrogens with zero attached hydrogens (tertiary/aromatic N) is 5. The van der Waals surface area contributed by atoms with Crippen LogP contribution in [0.1, 0.15) is 75.0 Å². The molecule has 2 amide bonds. The molecule has 0 aromatic carbocycles. The molecule has 0 unspecified atom stereocenters. The Morgan fingerprint density at radius 2 is 1.62 bits per heavy atom. The summed E-state index contributed by atoms with van der Waals surface area (Å²) in [7, 11) is 0. The van der Waals surface area contributed by atoms with Gasteiger partial charge in [-0.2, -0.15) is 4.90 Å². The van der Waals surface area contributed by atoms with Gasteiger partial charge in [-0.15, -0.1) is 0 Å². The van der Waals surface area contributed by atoms with Crippen LogP contribution in [0.3, 0.4) is 0 Å². The van der Waals surface area contributed by atoms with Crippen LogP contribution in [0.5, 0.6) is 0 Å². The highest BCUT2D eigenvalue weighted by molar-refractivity contribution is 14.1. The van der Waals surface area contributed by atoms with Crippen molar-refractivity contribution in [3.63, 3.8) is 0 Å². The summed E-state index contributed by atoms with van der Waals surface area (Å²) >= 11 is 1.92. The fourth-order valence-electron chi connectivity index (χ4n) is 4.29. The third kappa shape index (κ3) is 5.83. The van der Waals surface area contributed by atoms with E-state index in [1.807, 2.05) is 43.4 Å². The number of ether oxygens (including phenoxy) is 5. The molecule has 13 heteroatoms. The van der Waals surface area contributed by atoms with Gasteiger partial charge in [-0.3, -0.25) is 4.57 Å². The standard InChI is InChI=1S/C24H34IN5O7/c1-10-12-14-15(35-24(8,9)34-14)18(33-12)29-11-26-13-16(29)27-19(25)28-17(13)30(20(31)36-22(2,3)4)21(32)37-23(5,6)7/h11-12,14-15,18H,10H2,1-9H3/t12-,14-,15-,18-/m1/s1. The summed E-state index contributed by atoms with van der Waals surface area (Å²) in [6, 6.07) is 0. The number of fused-ring (bicyclic) bond motifs is 2. The first kappa shape index (κ1) is 27.9. The first-order valence-corrected chi connectivity index (χ1v) is 13.2. The quantitative estimate of drug-likeness (QED) is 0.340. The van der Waals surface area contributed by atoms with E-state index in [-0.39, 0.29) is 27.4 Å². The van der Waals surface area contributed by atoms with Crippen molar-refractivity contribution in [2.24, 2.45) is 0 Å². The molecule has 2 aromatic rings. The van der Waals surface area contributed by atoms with Crippen molar-refractivity contribution < 1.29 is 33.3 Å². The molecule has 4 atom stereocenters. The third-order valence-corrected chi connectivity index (χ3v) is 6.02. The van der Waals surface area contributed by atoms with Gasteiger partial charge in [0, 0.05) is 22.6 Å². The number of imide groups is 1. The third-order valence-electron chi connectivity index (χ3n) is 5.54. The van der Waals surface area contributed by atoms with Gasteiger partial charge in [0.1, 0.15) is 23.4 Å². The number of carbonyl (C=O) groups excluding carboxylic acids is 2. The Balaban J connectivity index is 1.81. The fourth-order valence-corrected chi connectivity index (χ4v) is 4.75. The lowest BCUT2D eigenvalue weighted by atomic mass is 10.1. The highest BCUT2D eigenvalue weighted by atomic mass is 127. The van der Waals surface area contributed by atoms with Crippen molar-refractivity contribution in [1.82, 2.24) is 19.5 Å². The van der Waals surface area contributed by atoms with Crippen molar-refractivity contribution >= 4 is 51.8 Å². The molecule has 0 bridgehead atoms. The normalized spacial score (nSPS) is 25.2. The minimum Gasteiger partial charge on any atom is -0.443 e. The Hall–Kier alpha value is -2.10. The number of anilines is 1. The van der Waals surface area contributed by atoms with Crippen LogP contribution in [0, 0.1) is 3.83 Å². The molecule has 0 N–H and O–H groups in total. The predicted molar refractivity (Wildman–Crippen MR) is 141 cm³/mol. The van der Waals surface area contributed by atoms with E-state index in [9.17, 15) is 9.59 Å². The molecule has 4 heterocycles. The second kappa shape index (κ2) is 9.58. The first-order chi connectivity index (χ1) is 17.0. The monoisotopic (exact) mass is 631 g/mol. The van der Waals surface area contributed by atoms with Crippen LogP contribution in [0.2, 0.25) is 0 Å². The Kier molecular flexibility index (Phi) is 7.23. The summed E-state index contributed by atoms with van der Waals surface area (Å²) in [6.45, 7) is 16.0. The Labute approximate surface area is 229 Å². The smallest absolute Gasteiger partial charge is 0.425 e. The van der Waals surface area contributed by atoms with Gasteiger partial charge in [0.05, 0.1) is 12.4 Å². The molecule has 12 nitrogen and oxygen atoms in total. The zero-order chi connectivity index (χ0) is 27.5. The molecule has 37 heavy (non-hydrogen) atoms. The first-order valence-electron chi connectivity index (χ1n) is 12.2. The molecule has 0 radical (unpaired) electrons. The molecule has 0 aliphatic carbocycles. The SMILES string of the molecule is CC[C@H]1O[C@@H](n2cnc3c(N(C(=O)OC(C)(C)C)C(=O)OC(C)(C)C)nc(I)nc32)[C@@H]2OC(C)(C)O[C@@H]21. The van der Waals surface area contributed by atoms with Gasteiger partial charge in [0.25, 0.3) is 0 Å². The number of imidazole rings is 1. The van der Waals surface area contributed by atoms with Gasteiger partial charge in [-0.1, -0.05) is 6.92 Å². The summed E-state index contributed by atoms with van der Waals surface area (Å²) in [4.78, 5) is 40.7. The molecular formula is C24H34IN5O7. The van der Waals surface area contributed by atoms with E-state index in [4.69, 9.17) is 23.7 Å². The number of amides is 2. The van der Waals surface area contributed by atoms with E-state index in [1.54, 1.807) is 46.1 Å². The van der Waals surface area contributed by atoms with Crippen LogP contribution in [-0.4, -0.2) is 67.0 Å². The summed E-state index contributed by atoms with van der Waals surface area (Å²) in [5.41, 5.74) is -1.18. The van der Waals surface area contributed by atoms with Gasteiger partial charge in [0.15, 0.2) is 32.8 Å². The van der Waals surface area contributed by atoms with Gasteiger partial charge < -0.3 is 23.7 Å². The van der Waals surface area contributed by atoms with Crippen molar-refractivity contribution in [1.29, 1.82) is 0 Å². The van der Waals surface area contributed by atoms with E-state index in [0.29, 0.717) is 5.65 Å². The second-order valence-electron chi connectivity index (χ2n) is 11.5. The molecule has 2 aliphatic heterocycles. The van der Waals surface area contributed by atoms with Crippen LogP contribution >= 0.6 is 22.6 Å². The van der Waals surface area contributed by atoms with E-state index >= 15 is 0 Å². The van der Waals surface area contributed by atoms with Crippen LogP contribution in [0.15, 0.2) is 6.33 Å². The van der Waals surface area contributed by atoms with E-state index in [2.05, 4.69) is 15.0 Å². The molecule has 0 saturated carbocycles. The Bertz CT molecular complexity index is 1170. The van der Waals surface area contributed by atoms with Gasteiger partial charge in [-0.05, 0) is 61.8 Å². The maximum absolute atomic E-state index is 13.3. The second-order valence-corrected chi connectivity index (χ2v) is 12.4. The number of rotatable bonds is 3. The highest BCUT2D eigenvalue weighted by Gasteiger charge is 2.55. The largest absolute Gasteiger partial charge is 0.443 e. The van der Waals surface area contributed by atoms with Crippen LogP contribution in [0.25, 0.3) is 11.2 Å². The minimum atomic E-state index is -0.940. The van der Waals surface area contributed by atoms with E-state index < -0.39 is 41.5 Å². The minimum absolute atomic E-state index is 0.0536. The molecule has 2 aromatic heterocycles. The average molecular weight is 631 g/mol. The number of carbonyl (C=O) groups is 2. The van der Waals surface area contributed by atoms with Crippen molar-refractivity contribution in [2.75, 3.05) is 4.90 Å². The van der Waals surface area contributed by atoms with Crippen molar-refractivity contribution in [3.8, 4) is 0 Å². The molecule has 2 fully saturated rings. The number of hydrogen-bond donors (Lipinski definition) is 0. The number of halogens is 1. The molecular weight excluding hydrogens is 597 g/mol. The van der Waals surface area contributed by atoms with Crippen LogP contribution in [0.4, 0.5) is 15.4 Å². The maximum Gasteiger partial charge on any atom is 0.425 e. The summed E-state index contributed by atoms with van der Waals surface area (Å²) in [5, 5.41) is 0. The van der Waals surface area contributed by atoms with Gasteiger partial charge >= 0.3 is 12.2 Å². The zero-order valence-corrected chi connectivity index (χ0v) is 24.7. The van der Waals surface area contributed by atoms with E-state index in [1.165, 1.54) is 6.33 Å². The van der Waals surface area contributed by atoms with E-state index in [0.717, 1.165) is 11.3 Å². The number of hydrogen-bond acceptors (Lipinski definition) is 10. The lowest BCUT2D eigenvalue weighted by Gasteiger charge is -2.28. The molecule has 204 valence electrons.